The minimum Gasteiger partial charge on any atom is -0.271 e. The van der Waals surface area contributed by atoms with Gasteiger partial charge in [0.15, 0.2) is 0 Å². The number of nitrogens with zero attached hydrogens (tertiary/aromatic N) is 2. The smallest absolute Gasteiger partial charge is 0.0766 e. The lowest BCUT2D eigenvalue weighted by atomic mass is 10.0. The maximum absolute atomic E-state index is 5.81. The zero-order valence-corrected chi connectivity index (χ0v) is 16.2. The molecule has 6 heteroatoms. The van der Waals surface area contributed by atoms with Crippen molar-refractivity contribution in [3.05, 3.63) is 48.8 Å². The minimum atomic E-state index is 0.0632. The summed E-state index contributed by atoms with van der Waals surface area (Å²) in [5.41, 5.74) is 7.69. The van der Waals surface area contributed by atoms with Crippen molar-refractivity contribution in [1.29, 1.82) is 0 Å². The highest BCUT2D eigenvalue weighted by Gasteiger charge is 2.20. The molecule has 1 aromatic carbocycles. The summed E-state index contributed by atoms with van der Waals surface area (Å²) < 4.78 is 4.29. The molecule has 0 aliphatic heterocycles. The number of aromatic nitrogens is 2. The normalized spacial score (nSPS) is 12.7. The van der Waals surface area contributed by atoms with Gasteiger partial charge in [-0.25, -0.2) is 0 Å². The van der Waals surface area contributed by atoms with Crippen molar-refractivity contribution in [3.63, 3.8) is 0 Å². The van der Waals surface area contributed by atoms with Crippen molar-refractivity contribution in [1.82, 2.24) is 15.2 Å². The third-order valence-electron chi connectivity index (χ3n) is 3.70. The van der Waals surface area contributed by atoms with Crippen LogP contribution in [0.25, 0.3) is 0 Å². The molecule has 1 atom stereocenters. The van der Waals surface area contributed by atoms with Gasteiger partial charge in [0, 0.05) is 17.0 Å². The highest BCUT2D eigenvalue weighted by atomic mass is 127. The summed E-state index contributed by atoms with van der Waals surface area (Å²) in [7, 11) is 1.98. The highest BCUT2D eigenvalue weighted by Crippen LogP contribution is 2.29. The second kappa shape index (κ2) is 7.21. The van der Waals surface area contributed by atoms with Crippen LogP contribution in [0.15, 0.2) is 22.7 Å². The molecular formula is C15H20BrIN4. The average molecular weight is 463 g/mol. The monoisotopic (exact) mass is 462 g/mol. The van der Waals surface area contributed by atoms with Crippen LogP contribution < -0.4 is 11.3 Å². The Morgan fingerprint density at radius 2 is 2.19 bits per heavy atom. The average Bonchev–Trinajstić information content (AvgIpc) is 2.74. The molecule has 2 aromatic rings. The van der Waals surface area contributed by atoms with Crippen LogP contribution in [0, 0.1) is 10.5 Å². The molecule has 1 unspecified atom stereocenters. The minimum absolute atomic E-state index is 0.0632. The molecule has 0 amide bonds. The van der Waals surface area contributed by atoms with Gasteiger partial charge in [-0.2, -0.15) is 5.10 Å². The molecule has 0 spiro atoms. The Morgan fingerprint density at radius 3 is 2.76 bits per heavy atom. The predicted octanol–water partition coefficient (Wildman–Crippen LogP) is 3.41. The molecule has 2 rings (SSSR count). The third kappa shape index (κ3) is 3.49. The summed E-state index contributed by atoms with van der Waals surface area (Å²) in [6.45, 7) is 4.23. The number of hydrazine groups is 1. The van der Waals surface area contributed by atoms with Gasteiger partial charge >= 0.3 is 0 Å². The fraction of sp³-hybridized carbons (Fsp3) is 0.400. The standard InChI is InChI=1S/C15H20BrIN4/c1-4-11-14(16)13(21(3)20-11)8-12(19-18)10-7-5-6-9(2)15(10)17/h5-7,12,19H,4,8,18H2,1-3H3. The summed E-state index contributed by atoms with van der Waals surface area (Å²) in [4.78, 5) is 0. The summed E-state index contributed by atoms with van der Waals surface area (Å²) >= 11 is 6.06. The Hall–Kier alpha value is -0.440. The van der Waals surface area contributed by atoms with Crippen LogP contribution in [-0.4, -0.2) is 9.78 Å². The molecule has 3 N–H and O–H groups in total. The van der Waals surface area contributed by atoms with Gasteiger partial charge in [-0.1, -0.05) is 25.1 Å². The van der Waals surface area contributed by atoms with Crippen molar-refractivity contribution >= 4 is 38.5 Å². The van der Waals surface area contributed by atoms with E-state index in [4.69, 9.17) is 5.84 Å². The first-order valence-corrected chi connectivity index (χ1v) is 8.78. The fourth-order valence-corrected chi connectivity index (χ4v) is 3.95. The molecule has 1 aromatic heterocycles. The zero-order valence-electron chi connectivity index (χ0n) is 12.5. The van der Waals surface area contributed by atoms with E-state index < -0.39 is 0 Å². The van der Waals surface area contributed by atoms with Crippen LogP contribution in [-0.2, 0) is 19.9 Å². The Labute approximate surface area is 147 Å². The Balaban J connectivity index is 2.36. The first kappa shape index (κ1) is 16.9. The van der Waals surface area contributed by atoms with Gasteiger partial charge < -0.3 is 0 Å². The molecule has 0 radical (unpaired) electrons. The first-order chi connectivity index (χ1) is 9.99. The maximum atomic E-state index is 5.81. The van der Waals surface area contributed by atoms with E-state index in [-0.39, 0.29) is 6.04 Å². The van der Waals surface area contributed by atoms with Gasteiger partial charge in [-0.3, -0.25) is 16.0 Å². The topological polar surface area (TPSA) is 55.9 Å². The first-order valence-electron chi connectivity index (χ1n) is 6.90. The number of aryl methyl sites for hydroxylation is 3. The number of nitrogens with two attached hydrogens (primary N) is 1. The number of benzene rings is 1. The van der Waals surface area contributed by atoms with Crippen LogP contribution in [0.2, 0.25) is 0 Å². The lowest BCUT2D eigenvalue weighted by Crippen LogP contribution is -2.31. The van der Waals surface area contributed by atoms with E-state index in [0.29, 0.717) is 0 Å². The molecule has 0 saturated carbocycles. The van der Waals surface area contributed by atoms with Gasteiger partial charge in [0.25, 0.3) is 0 Å². The molecule has 0 fully saturated rings. The Morgan fingerprint density at radius 1 is 1.48 bits per heavy atom. The van der Waals surface area contributed by atoms with E-state index in [1.807, 2.05) is 11.7 Å². The summed E-state index contributed by atoms with van der Waals surface area (Å²) in [6.07, 6.45) is 1.71. The van der Waals surface area contributed by atoms with Crippen molar-refractivity contribution in [3.8, 4) is 0 Å². The summed E-state index contributed by atoms with van der Waals surface area (Å²) in [6, 6.07) is 6.39. The molecule has 0 saturated heterocycles. The van der Waals surface area contributed by atoms with E-state index in [1.54, 1.807) is 0 Å². The summed E-state index contributed by atoms with van der Waals surface area (Å²) in [5.74, 6) is 5.81. The zero-order chi connectivity index (χ0) is 15.6. The van der Waals surface area contributed by atoms with Gasteiger partial charge in [0.2, 0.25) is 0 Å². The SMILES string of the molecule is CCc1nn(C)c(CC(NN)c2cccc(C)c2I)c1Br. The Kier molecular flexibility index (Phi) is 5.81. The number of halogens is 2. The lowest BCUT2D eigenvalue weighted by Gasteiger charge is -2.19. The molecule has 0 aliphatic rings. The second-order valence-corrected chi connectivity index (χ2v) is 6.96. The highest BCUT2D eigenvalue weighted by molar-refractivity contribution is 14.1. The Bertz CT molecular complexity index is 639. The molecule has 1 heterocycles. The molecule has 21 heavy (non-hydrogen) atoms. The second-order valence-electron chi connectivity index (χ2n) is 5.09. The molecule has 4 nitrogen and oxygen atoms in total. The van der Waals surface area contributed by atoms with Crippen LogP contribution in [0.3, 0.4) is 0 Å². The predicted molar refractivity (Wildman–Crippen MR) is 98.0 cm³/mol. The van der Waals surface area contributed by atoms with Gasteiger partial charge in [0.05, 0.1) is 21.9 Å². The maximum Gasteiger partial charge on any atom is 0.0766 e. The number of hydrogen-bond donors (Lipinski definition) is 2. The van der Waals surface area contributed by atoms with E-state index in [9.17, 15) is 0 Å². The van der Waals surface area contributed by atoms with Gasteiger partial charge in [-0.15, -0.1) is 0 Å². The van der Waals surface area contributed by atoms with Gasteiger partial charge in [0.1, 0.15) is 0 Å². The van der Waals surface area contributed by atoms with Crippen molar-refractivity contribution in [2.45, 2.75) is 32.7 Å². The number of rotatable bonds is 5. The quantitative estimate of drug-likeness (QED) is 0.406. The largest absolute Gasteiger partial charge is 0.271 e. The van der Waals surface area contributed by atoms with Crippen molar-refractivity contribution in [2.75, 3.05) is 0 Å². The third-order valence-corrected chi connectivity index (χ3v) is 6.09. The van der Waals surface area contributed by atoms with E-state index >= 15 is 0 Å². The van der Waals surface area contributed by atoms with Crippen LogP contribution in [0.1, 0.15) is 35.5 Å². The lowest BCUT2D eigenvalue weighted by molar-refractivity contribution is 0.527. The molecule has 0 bridgehead atoms. The summed E-state index contributed by atoms with van der Waals surface area (Å²) in [5, 5.41) is 4.55. The van der Waals surface area contributed by atoms with Crippen LogP contribution in [0.5, 0.6) is 0 Å². The van der Waals surface area contributed by atoms with Crippen LogP contribution in [0.4, 0.5) is 0 Å². The van der Waals surface area contributed by atoms with Crippen molar-refractivity contribution in [2.24, 2.45) is 12.9 Å². The van der Waals surface area contributed by atoms with E-state index in [1.165, 1.54) is 14.7 Å². The number of hydrogen-bond acceptors (Lipinski definition) is 3. The molecule has 114 valence electrons. The fourth-order valence-electron chi connectivity index (χ4n) is 2.43. The molecule has 0 aliphatic carbocycles. The van der Waals surface area contributed by atoms with Gasteiger partial charge in [-0.05, 0) is 63.0 Å². The van der Waals surface area contributed by atoms with E-state index in [0.717, 1.165) is 28.7 Å². The van der Waals surface area contributed by atoms with E-state index in [2.05, 4.69) is 81.1 Å². The van der Waals surface area contributed by atoms with Crippen molar-refractivity contribution < 1.29 is 0 Å². The van der Waals surface area contributed by atoms with Crippen LogP contribution >= 0.6 is 38.5 Å². The molecular weight excluding hydrogens is 443 g/mol. The number of nitrogens with one attached hydrogen (secondary N) is 1.